The number of hydrogen-bond acceptors (Lipinski definition) is 5. The Morgan fingerprint density at radius 3 is 2.56 bits per heavy atom. The maximum Gasteiger partial charge on any atom is 0.416 e. The predicted octanol–water partition coefficient (Wildman–Crippen LogP) is 5.73. The molecule has 162 valence electrons. The van der Waals surface area contributed by atoms with Crippen molar-refractivity contribution in [1.29, 1.82) is 5.26 Å². The van der Waals surface area contributed by atoms with E-state index in [0.29, 0.717) is 16.9 Å². The number of carbonyl (C=O) groups excluding carboxylic acids is 1. The molecule has 3 aromatic rings. The lowest BCUT2D eigenvalue weighted by molar-refractivity contribution is -0.384. The first-order valence-electron chi connectivity index (χ1n) is 9.04. The number of halogens is 3. The van der Waals surface area contributed by atoms with Gasteiger partial charge in [-0.3, -0.25) is 14.9 Å². The second-order valence-corrected chi connectivity index (χ2v) is 6.66. The molecule has 0 saturated carbocycles. The third-order valence-electron chi connectivity index (χ3n) is 4.41. The van der Waals surface area contributed by atoms with Crippen LogP contribution in [-0.4, -0.2) is 10.8 Å². The molecule has 1 N–H and O–H groups in total. The molecule has 32 heavy (non-hydrogen) atoms. The lowest BCUT2D eigenvalue weighted by atomic mass is 10.1. The monoisotopic (exact) mass is 441 g/mol. The number of nitriles is 1. The second-order valence-electron chi connectivity index (χ2n) is 6.66. The van der Waals surface area contributed by atoms with Crippen molar-refractivity contribution in [3.8, 4) is 17.4 Å². The van der Waals surface area contributed by atoms with Crippen LogP contribution in [0, 0.1) is 28.4 Å². The molecule has 3 rings (SSSR count). The molecule has 0 aliphatic heterocycles. The number of rotatable bonds is 5. The zero-order chi connectivity index (χ0) is 23.5. The Hall–Kier alpha value is -4.39. The number of aryl methyl sites for hydroxylation is 1. The molecule has 0 fully saturated rings. The van der Waals surface area contributed by atoms with Crippen molar-refractivity contribution in [2.24, 2.45) is 0 Å². The largest absolute Gasteiger partial charge is 0.457 e. The van der Waals surface area contributed by atoms with Gasteiger partial charge in [-0.2, -0.15) is 18.4 Å². The van der Waals surface area contributed by atoms with Gasteiger partial charge in [0.15, 0.2) is 0 Å². The highest BCUT2D eigenvalue weighted by Crippen LogP contribution is 2.31. The Balaban J connectivity index is 1.82. The summed E-state index contributed by atoms with van der Waals surface area (Å²) in [6.07, 6.45) is -3.43. The minimum atomic E-state index is -4.57. The average molecular weight is 441 g/mol. The average Bonchev–Trinajstić information content (AvgIpc) is 3.19. The Morgan fingerprint density at radius 2 is 1.94 bits per heavy atom. The molecule has 0 unspecified atom stereocenters. The van der Waals surface area contributed by atoms with Gasteiger partial charge in [-0.05, 0) is 48.9 Å². The fourth-order valence-electron chi connectivity index (χ4n) is 2.88. The van der Waals surface area contributed by atoms with Gasteiger partial charge in [0.25, 0.3) is 11.6 Å². The topological polar surface area (TPSA) is 109 Å². The van der Waals surface area contributed by atoms with Gasteiger partial charge < -0.3 is 9.73 Å². The smallest absolute Gasteiger partial charge is 0.416 e. The SMILES string of the molecule is Cc1cc([N+](=O)[O-])ccc1-c1ccc(/C=C(\C#N)C(=O)Nc2cccc(C(F)(F)F)c2)o1. The number of nitrogens with zero attached hydrogens (tertiary/aromatic N) is 2. The van der Waals surface area contributed by atoms with Gasteiger partial charge in [-0.15, -0.1) is 0 Å². The predicted molar refractivity (Wildman–Crippen MR) is 109 cm³/mol. The highest BCUT2D eigenvalue weighted by Gasteiger charge is 2.30. The number of furan rings is 1. The quantitative estimate of drug-likeness (QED) is 0.235. The van der Waals surface area contributed by atoms with E-state index in [0.717, 1.165) is 24.3 Å². The first-order valence-corrected chi connectivity index (χ1v) is 9.04. The van der Waals surface area contributed by atoms with Crippen molar-refractivity contribution in [2.45, 2.75) is 13.1 Å². The zero-order valence-electron chi connectivity index (χ0n) is 16.4. The van der Waals surface area contributed by atoms with E-state index in [4.69, 9.17) is 4.42 Å². The first-order chi connectivity index (χ1) is 15.1. The minimum absolute atomic E-state index is 0.0732. The van der Waals surface area contributed by atoms with Crippen LogP contribution in [0.4, 0.5) is 24.5 Å². The summed E-state index contributed by atoms with van der Waals surface area (Å²) in [6.45, 7) is 1.67. The maximum atomic E-state index is 12.8. The number of alkyl halides is 3. The fraction of sp³-hybridized carbons (Fsp3) is 0.0909. The molecule has 1 heterocycles. The van der Waals surface area contributed by atoms with Crippen LogP contribution < -0.4 is 5.32 Å². The molecule has 10 heteroatoms. The number of nitro benzene ring substituents is 1. The van der Waals surface area contributed by atoms with Crippen molar-refractivity contribution in [3.05, 3.63) is 87.2 Å². The molecule has 0 aliphatic carbocycles. The molecule has 0 aliphatic rings. The molecular formula is C22H14F3N3O4. The lowest BCUT2D eigenvalue weighted by Crippen LogP contribution is -2.14. The van der Waals surface area contributed by atoms with E-state index in [9.17, 15) is 33.3 Å². The number of non-ortho nitro benzene ring substituents is 1. The van der Waals surface area contributed by atoms with Gasteiger partial charge in [0.1, 0.15) is 23.2 Å². The van der Waals surface area contributed by atoms with Gasteiger partial charge >= 0.3 is 6.18 Å². The molecule has 0 bridgehead atoms. The summed E-state index contributed by atoms with van der Waals surface area (Å²) in [5.41, 5.74) is -0.340. The molecule has 0 spiro atoms. The summed E-state index contributed by atoms with van der Waals surface area (Å²) >= 11 is 0. The van der Waals surface area contributed by atoms with Crippen molar-refractivity contribution >= 4 is 23.4 Å². The van der Waals surface area contributed by atoms with E-state index >= 15 is 0 Å². The van der Waals surface area contributed by atoms with E-state index in [1.165, 1.54) is 30.3 Å². The van der Waals surface area contributed by atoms with Crippen LogP contribution in [0.3, 0.4) is 0 Å². The number of carbonyl (C=O) groups is 1. The van der Waals surface area contributed by atoms with Gasteiger partial charge in [-0.25, -0.2) is 0 Å². The van der Waals surface area contributed by atoms with E-state index < -0.39 is 22.6 Å². The van der Waals surface area contributed by atoms with Crippen molar-refractivity contribution in [2.75, 3.05) is 5.32 Å². The van der Waals surface area contributed by atoms with Crippen molar-refractivity contribution in [3.63, 3.8) is 0 Å². The standard InChI is InChI=1S/C22H14F3N3O4/c1-13-9-17(28(30)31)5-7-19(13)20-8-6-18(32-20)10-14(12-26)21(29)27-16-4-2-3-15(11-16)22(23,24)25/h2-11H,1H3,(H,27,29)/b14-10+. The highest BCUT2D eigenvalue weighted by atomic mass is 19.4. The molecule has 1 amide bonds. The maximum absolute atomic E-state index is 12.8. The van der Waals surface area contributed by atoms with Gasteiger partial charge in [0.05, 0.1) is 10.5 Å². The molecule has 2 aromatic carbocycles. The number of benzene rings is 2. The normalized spacial score (nSPS) is 11.7. The van der Waals surface area contributed by atoms with Crippen LogP contribution in [-0.2, 0) is 11.0 Å². The van der Waals surface area contributed by atoms with E-state index in [2.05, 4.69) is 5.32 Å². The Kier molecular flexibility index (Phi) is 6.11. The number of hydrogen-bond donors (Lipinski definition) is 1. The van der Waals surface area contributed by atoms with Crippen LogP contribution in [0.2, 0.25) is 0 Å². The zero-order valence-corrected chi connectivity index (χ0v) is 16.4. The van der Waals surface area contributed by atoms with E-state index in [1.807, 2.05) is 0 Å². The fourth-order valence-corrected chi connectivity index (χ4v) is 2.88. The number of nitrogens with one attached hydrogen (secondary N) is 1. The second kappa shape index (κ2) is 8.77. The van der Waals surface area contributed by atoms with Gasteiger partial charge in [-0.1, -0.05) is 6.07 Å². The molecular weight excluding hydrogens is 427 g/mol. The molecule has 0 atom stereocenters. The number of anilines is 1. The third kappa shape index (κ3) is 5.02. The Morgan fingerprint density at radius 1 is 1.19 bits per heavy atom. The third-order valence-corrected chi connectivity index (χ3v) is 4.41. The van der Waals surface area contributed by atoms with Crippen molar-refractivity contribution < 1.29 is 27.3 Å². The molecule has 0 saturated heterocycles. The Labute approximate surface area is 179 Å². The van der Waals surface area contributed by atoms with Crippen LogP contribution in [0.5, 0.6) is 0 Å². The van der Waals surface area contributed by atoms with Gasteiger partial charge in [0, 0.05) is 29.5 Å². The summed E-state index contributed by atoms with van der Waals surface area (Å²) in [6, 6.07) is 13.0. The Bertz CT molecular complexity index is 1270. The molecule has 0 radical (unpaired) electrons. The first kappa shape index (κ1) is 22.3. The minimum Gasteiger partial charge on any atom is -0.457 e. The summed E-state index contributed by atoms with van der Waals surface area (Å²) in [7, 11) is 0. The number of nitro groups is 1. The van der Waals surface area contributed by atoms with Crippen LogP contribution in [0.15, 0.2) is 64.6 Å². The van der Waals surface area contributed by atoms with Crippen LogP contribution in [0.1, 0.15) is 16.9 Å². The van der Waals surface area contributed by atoms with Gasteiger partial charge in [0.2, 0.25) is 0 Å². The summed E-state index contributed by atoms with van der Waals surface area (Å²) in [5.74, 6) is -0.399. The summed E-state index contributed by atoms with van der Waals surface area (Å²) < 4.78 is 44.1. The van der Waals surface area contributed by atoms with Crippen LogP contribution in [0.25, 0.3) is 17.4 Å². The van der Waals surface area contributed by atoms with E-state index in [-0.39, 0.29) is 22.7 Å². The molecule has 7 nitrogen and oxygen atoms in total. The lowest BCUT2D eigenvalue weighted by Gasteiger charge is -2.09. The van der Waals surface area contributed by atoms with E-state index in [1.54, 1.807) is 19.1 Å². The van der Waals surface area contributed by atoms with Crippen LogP contribution >= 0.6 is 0 Å². The molecule has 1 aromatic heterocycles. The number of amides is 1. The van der Waals surface area contributed by atoms with Crippen molar-refractivity contribution in [1.82, 2.24) is 0 Å². The summed E-state index contributed by atoms with van der Waals surface area (Å²) in [5, 5.41) is 22.4. The summed E-state index contributed by atoms with van der Waals surface area (Å²) in [4.78, 5) is 22.7. The highest BCUT2D eigenvalue weighted by molar-refractivity contribution is 6.09.